The molecule has 0 bridgehead atoms. The van der Waals surface area contributed by atoms with E-state index in [4.69, 9.17) is 5.11 Å². The lowest BCUT2D eigenvalue weighted by atomic mass is 9.82. The highest BCUT2D eigenvalue weighted by Gasteiger charge is 2.31. The maximum absolute atomic E-state index is 13.1. The Morgan fingerprint density at radius 3 is 2.42 bits per heavy atom. The number of carboxylic acid groups (broad SMARTS) is 1. The topological polar surface area (TPSA) is 70.5 Å². The first-order valence-electron chi connectivity index (χ1n) is 10.5. The Balaban J connectivity index is 1.60. The Labute approximate surface area is 182 Å². The number of rotatable bonds is 6. The Morgan fingerprint density at radius 1 is 1.06 bits per heavy atom. The molecule has 1 saturated heterocycles. The summed E-state index contributed by atoms with van der Waals surface area (Å²) in [6, 6.07) is 20.1. The van der Waals surface area contributed by atoms with E-state index in [1.807, 2.05) is 25.1 Å². The quantitative estimate of drug-likeness (QED) is 0.564. The molecule has 5 heteroatoms. The predicted octanol–water partition coefficient (Wildman–Crippen LogP) is 5.18. The molecule has 0 spiro atoms. The number of likely N-dealkylation sites (tertiary alicyclic amines) is 1. The zero-order chi connectivity index (χ0) is 22.0. The summed E-state index contributed by atoms with van der Waals surface area (Å²) in [5.74, 6) is 0.288. The van der Waals surface area contributed by atoms with Gasteiger partial charge in [0.1, 0.15) is 0 Å². The zero-order valence-corrected chi connectivity index (χ0v) is 17.8. The predicted molar refractivity (Wildman–Crippen MR) is 120 cm³/mol. The lowest BCUT2D eigenvalue weighted by Crippen LogP contribution is -2.47. The standard InChI is InChI=1S/C26H26N2O3/c1-17-5-3-4-6-23(17)24(14-25(29)21-11-12-27-18(2)13-21)20-9-7-19(8-10-20)22-15-28(16-22)26(30)31/h3-13,22,24H,14-16H2,1-2H3,(H,30,31). The van der Waals surface area contributed by atoms with Crippen LogP contribution in [-0.2, 0) is 0 Å². The second-order valence-corrected chi connectivity index (χ2v) is 8.27. The Kier molecular flexibility index (Phi) is 5.85. The van der Waals surface area contributed by atoms with Gasteiger partial charge in [0.15, 0.2) is 5.78 Å². The van der Waals surface area contributed by atoms with Crippen molar-refractivity contribution in [3.05, 3.63) is 100 Å². The molecule has 1 aromatic heterocycles. The molecule has 1 aliphatic rings. The van der Waals surface area contributed by atoms with Crippen LogP contribution in [0.3, 0.4) is 0 Å². The molecule has 3 aromatic rings. The van der Waals surface area contributed by atoms with Gasteiger partial charge in [-0.25, -0.2) is 4.79 Å². The molecule has 1 amide bonds. The molecule has 0 saturated carbocycles. The van der Waals surface area contributed by atoms with E-state index >= 15 is 0 Å². The average molecular weight is 415 g/mol. The summed E-state index contributed by atoms with van der Waals surface area (Å²) in [5, 5.41) is 9.05. The van der Waals surface area contributed by atoms with Crippen LogP contribution in [0.25, 0.3) is 0 Å². The average Bonchev–Trinajstić information content (AvgIpc) is 2.72. The number of benzene rings is 2. The first kappa shape index (κ1) is 20.8. The minimum absolute atomic E-state index is 0.0480. The summed E-state index contributed by atoms with van der Waals surface area (Å²) in [7, 11) is 0. The van der Waals surface area contributed by atoms with E-state index in [1.54, 1.807) is 12.3 Å². The number of aromatic nitrogens is 1. The van der Waals surface area contributed by atoms with Gasteiger partial charge in [-0.15, -0.1) is 0 Å². The first-order valence-corrected chi connectivity index (χ1v) is 10.5. The number of nitrogens with zero attached hydrogens (tertiary/aromatic N) is 2. The second kappa shape index (κ2) is 8.72. The van der Waals surface area contributed by atoms with E-state index in [0.717, 1.165) is 27.9 Å². The summed E-state index contributed by atoms with van der Waals surface area (Å²) in [6.07, 6.45) is 1.20. The molecule has 1 unspecified atom stereocenters. The number of amides is 1. The third kappa shape index (κ3) is 4.50. The highest BCUT2D eigenvalue weighted by Crippen LogP contribution is 2.34. The normalized spacial score (nSPS) is 14.7. The number of hydrogen-bond donors (Lipinski definition) is 1. The summed E-state index contributed by atoms with van der Waals surface area (Å²) < 4.78 is 0. The van der Waals surface area contributed by atoms with Gasteiger partial charge >= 0.3 is 6.09 Å². The molecule has 1 aliphatic heterocycles. The van der Waals surface area contributed by atoms with Gasteiger partial charge in [0.05, 0.1) is 0 Å². The van der Waals surface area contributed by atoms with Gasteiger partial charge in [0.2, 0.25) is 0 Å². The molecule has 0 radical (unpaired) electrons. The van der Waals surface area contributed by atoms with Crippen LogP contribution in [0.5, 0.6) is 0 Å². The fourth-order valence-electron chi connectivity index (χ4n) is 4.25. The lowest BCUT2D eigenvalue weighted by molar-refractivity contribution is 0.0977. The molecule has 4 rings (SSSR count). The van der Waals surface area contributed by atoms with Crippen molar-refractivity contribution < 1.29 is 14.7 Å². The summed E-state index contributed by atoms with van der Waals surface area (Å²) >= 11 is 0. The van der Waals surface area contributed by atoms with Crippen LogP contribution in [0, 0.1) is 13.8 Å². The van der Waals surface area contributed by atoms with Crippen molar-refractivity contribution in [1.82, 2.24) is 9.88 Å². The van der Waals surface area contributed by atoms with Crippen LogP contribution in [-0.4, -0.2) is 40.0 Å². The van der Waals surface area contributed by atoms with Crippen molar-refractivity contribution in [2.75, 3.05) is 13.1 Å². The van der Waals surface area contributed by atoms with E-state index in [0.29, 0.717) is 25.1 Å². The van der Waals surface area contributed by atoms with Gasteiger partial charge in [-0.1, -0.05) is 48.5 Å². The zero-order valence-electron chi connectivity index (χ0n) is 17.8. The second-order valence-electron chi connectivity index (χ2n) is 8.27. The lowest BCUT2D eigenvalue weighted by Gasteiger charge is -2.37. The van der Waals surface area contributed by atoms with Gasteiger partial charge in [-0.05, 0) is 48.2 Å². The minimum atomic E-state index is -0.864. The SMILES string of the molecule is Cc1cc(C(=O)CC(c2ccc(C3CN(C(=O)O)C3)cc2)c2ccccc2C)ccn1. The molecule has 158 valence electrons. The highest BCUT2D eigenvalue weighted by molar-refractivity contribution is 5.96. The minimum Gasteiger partial charge on any atom is -0.465 e. The highest BCUT2D eigenvalue weighted by atomic mass is 16.4. The molecule has 0 aliphatic carbocycles. The molecule has 1 N–H and O–H groups in total. The van der Waals surface area contributed by atoms with Crippen molar-refractivity contribution in [1.29, 1.82) is 0 Å². The number of Topliss-reactive ketones (excluding diaryl/α,β-unsaturated/α-hetero) is 1. The maximum atomic E-state index is 13.1. The van der Waals surface area contributed by atoms with E-state index in [2.05, 4.69) is 48.3 Å². The van der Waals surface area contributed by atoms with Crippen LogP contribution < -0.4 is 0 Å². The van der Waals surface area contributed by atoms with Crippen LogP contribution >= 0.6 is 0 Å². The van der Waals surface area contributed by atoms with E-state index in [9.17, 15) is 9.59 Å². The van der Waals surface area contributed by atoms with E-state index in [1.165, 1.54) is 4.90 Å². The maximum Gasteiger partial charge on any atom is 0.407 e. The molecule has 31 heavy (non-hydrogen) atoms. The van der Waals surface area contributed by atoms with Crippen molar-refractivity contribution >= 4 is 11.9 Å². The van der Waals surface area contributed by atoms with Gasteiger partial charge in [-0.2, -0.15) is 0 Å². The van der Waals surface area contributed by atoms with Gasteiger partial charge in [0, 0.05) is 48.8 Å². The number of carbonyl (C=O) groups is 2. The summed E-state index contributed by atoms with van der Waals surface area (Å²) in [4.78, 5) is 29.7. The summed E-state index contributed by atoms with van der Waals surface area (Å²) in [6.45, 7) is 5.04. The number of carbonyl (C=O) groups excluding carboxylic acids is 1. The van der Waals surface area contributed by atoms with Crippen molar-refractivity contribution in [2.24, 2.45) is 0 Å². The molecule has 2 aromatic carbocycles. The fraction of sp³-hybridized carbons (Fsp3) is 0.269. The summed E-state index contributed by atoms with van der Waals surface area (Å²) in [5.41, 5.74) is 6.05. The van der Waals surface area contributed by atoms with Crippen LogP contribution in [0.1, 0.15) is 56.6 Å². The number of ketones is 1. The molecule has 1 fully saturated rings. The molecular formula is C26H26N2O3. The van der Waals surface area contributed by atoms with E-state index < -0.39 is 6.09 Å². The molecular weight excluding hydrogens is 388 g/mol. The molecule has 2 heterocycles. The largest absolute Gasteiger partial charge is 0.465 e. The van der Waals surface area contributed by atoms with E-state index in [-0.39, 0.29) is 17.6 Å². The first-order chi connectivity index (χ1) is 14.9. The van der Waals surface area contributed by atoms with Gasteiger partial charge in [0.25, 0.3) is 0 Å². The Hall–Kier alpha value is -3.47. The third-order valence-electron chi connectivity index (χ3n) is 6.13. The third-order valence-corrected chi connectivity index (χ3v) is 6.13. The number of pyridine rings is 1. The van der Waals surface area contributed by atoms with Crippen molar-refractivity contribution in [3.8, 4) is 0 Å². The van der Waals surface area contributed by atoms with Gasteiger partial charge in [-0.3, -0.25) is 9.78 Å². The monoisotopic (exact) mass is 414 g/mol. The van der Waals surface area contributed by atoms with Gasteiger partial charge < -0.3 is 10.0 Å². The fourth-order valence-corrected chi connectivity index (χ4v) is 4.25. The number of aryl methyl sites for hydroxylation is 2. The van der Waals surface area contributed by atoms with Crippen LogP contribution in [0.15, 0.2) is 66.9 Å². The smallest absolute Gasteiger partial charge is 0.407 e. The molecule has 5 nitrogen and oxygen atoms in total. The van der Waals surface area contributed by atoms with Crippen LogP contribution in [0.4, 0.5) is 4.79 Å². The van der Waals surface area contributed by atoms with Crippen LogP contribution in [0.2, 0.25) is 0 Å². The Bertz CT molecular complexity index is 1100. The molecule has 1 atom stereocenters. The Morgan fingerprint density at radius 2 is 1.77 bits per heavy atom. The van der Waals surface area contributed by atoms with Crippen molar-refractivity contribution in [3.63, 3.8) is 0 Å². The number of hydrogen-bond acceptors (Lipinski definition) is 3. The van der Waals surface area contributed by atoms with Crippen molar-refractivity contribution in [2.45, 2.75) is 32.1 Å².